The molecule has 0 aromatic heterocycles. The van der Waals surface area contributed by atoms with Crippen LogP contribution in [0.1, 0.15) is 62.1 Å². The number of esters is 6. The molecule has 0 spiro atoms. The van der Waals surface area contributed by atoms with Crippen LogP contribution in [-0.2, 0) is 42.6 Å². The second kappa shape index (κ2) is 23.7. The molecule has 8 rings (SSSR count). The first-order valence-corrected chi connectivity index (χ1v) is 22.3. The summed E-state index contributed by atoms with van der Waals surface area (Å²) in [6, 6.07) is 47.2. The Morgan fingerprint density at radius 2 is 0.761 bits per heavy atom. The summed E-state index contributed by atoms with van der Waals surface area (Å²) >= 11 is 0. The highest BCUT2D eigenvalue weighted by atomic mass is 16.8. The summed E-state index contributed by atoms with van der Waals surface area (Å²) in [6.45, 7) is -1.70. The molecule has 17 heteroatoms. The third-order valence-corrected chi connectivity index (χ3v) is 11.2. The molecule has 2 fully saturated rings. The fourth-order valence-corrected chi connectivity index (χ4v) is 7.64. The third kappa shape index (κ3) is 12.4. The van der Waals surface area contributed by atoms with Gasteiger partial charge in [-0.1, -0.05) is 114 Å². The minimum absolute atomic E-state index is 0.0344. The van der Waals surface area contributed by atoms with E-state index in [1.807, 2.05) is 0 Å². The molecule has 2 aliphatic rings. The largest absolute Gasteiger partial charge is 0.459 e. The van der Waals surface area contributed by atoms with Gasteiger partial charge in [-0.3, -0.25) is 0 Å². The van der Waals surface area contributed by atoms with Crippen LogP contribution in [0.5, 0.6) is 0 Å². The minimum Gasteiger partial charge on any atom is -0.459 e. The van der Waals surface area contributed by atoms with Crippen LogP contribution in [0.3, 0.4) is 0 Å². The lowest BCUT2D eigenvalue weighted by atomic mass is 9.96. The number of ether oxygens (including phenoxy) is 9. The number of carbonyl (C=O) groups excluding carboxylic acids is 6. The van der Waals surface area contributed by atoms with Crippen LogP contribution in [0.15, 0.2) is 187 Å². The zero-order valence-electron chi connectivity index (χ0n) is 37.6. The smallest absolute Gasteiger partial charge is 0.338 e. The van der Waals surface area contributed by atoms with Gasteiger partial charge in [0.2, 0.25) is 0 Å². The van der Waals surface area contributed by atoms with Crippen molar-refractivity contribution in [3.05, 3.63) is 215 Å². The second-order valence-corrected chi connectivity index (χ2v) is 15.9. The lowest BCUT2D eigenvalue weighted by Crippen LogP contribution is -2.65. The molecule has 0 bridgehead atoms. The van der Waals surface area contributed by atoms with Crippen molar-refractivity contribution in [3.63, 3.8) is 0 Å². The van der Waals surface area contributed by atoms with Crippen LogP contribution >= 0.6 is 0 Å². The summed E-state index contributed by atoms with van der Waals surface area (Å²) in [5, 5.41) is 13.7. The predicted molar refractivity (Wildman–Crippen MR) is 249 cm³/mol. The Bertz CT molecular complexity index is 2780. The molecule has 6 aromatic carbocycles. The molecule has 1 N–H and O–H groups in total. The minimum atomic E-state index is -1.94. The van der Waals surface area contributed by atoms with Gasteiger partial charge in [-0.2, -0.15) is 0 Å². The number of benzene rings is 6. The van der Waals surface area contributed by atoms with E-state index in [1.165, 1.54) is 72.8 Å². The average Bonchev–Trinajstić information content (AvgIpc) is 3.42. The number of hydrogen-bond acceptors (Lipinski definition) is 17. The van der Waals surface area contributed by atoms with Crippen molar-refractivity contribution in [2.45, 2.75) is 49.0 Å². The molecular weight excluding hydrogens is 919 g/mol. The number of rotatable bonds is 16. The fourth-order valence-electron chi connectivity index (χ4n) is 7.64. The standard InChI is InChI=1S/C54H45NO16/c56-48(34-19-7-1-8-20-34)64-32-41-44(43(40(55-62)31-63-41)67-50(58)36-23-11-3-12-24-36)71-54-47(70-53(61)39-29-17-6-18-30-39)46(69-52(60)38-27-15-5-16-28-38)45(68-51(59)37-25-13-4-14-26-37)42(66-54)33-65-49(57)35-21-9-2-10-22-35/h1-30,41-47,54,62H,31-33H2/b55-40+/t41-,42-,43-,44-,45-,46+,47-,54-/m1/s1. The quantitative estimate of drug-likeness (QED) is 0.0449. The maximum absolute atomic E-state index is 14.2. The summed E-state index contributed by atoms with van der Waals surface area (Å²) in [5.74, 6) is -5.33. The summed E-state index contributed by atoms with van der Waals surface area (Å²) in [5.41, 5.74) is 0.344. The van der Waals surface area contributed by atoms with Crippen molar-refractivity contribution < 1.29 is 76.6 Å². The van der Waals surface area contributed by atoms with Gasteiger partial charge in [0.1, 0.15) is 37.2 Å². The Labute approximate surface area is 406 Å². The van der Waals surface area contributed by atoms with Crippen molar-refractivity contribution in [2.24, 2.45) is 5.16 Å². The molecule has 2 saturated heterocycles. The van der Waals surface area contributed by atoms with Crippen LogP contribution in [0, 0.1) is 0 Å². The van der Waals surface area contributed by atoms with E-state index >= 15 is 0 Å². The number of nitrogens with zero attached hydrogens (tertiary/aromatic N) is 1. The molecule has 2 heterocycles. The molecule has 2 aliphatic heterocycles. The zero-order chi connectivity index (χ0) is 49.5. The Balaban J connectivity index is 1.24. The predicted octanol–water partition coefficient (Wildman–Crippen LogP) is 6.94. The van der Waals surface area contributed by atoms with Crippen molar-refractivity contribution >= 4 is 41.5 Å². The molecule has 0 radical (unpaired) electrons. The Kier molecular flexibility index (Phi) is 16.3. The van der Waals surface area contributed by atoms with Crippen molar-refractivity contribution in [2.75, 3.05) is 19.8 Å². The van der Waals surface area contributed by atoms with E-state index < -0.39 is 105 Å². The van der Waals surface area contributed by atoms with E-state index in [0.717, 1.165) is 0 Å². The summed E-state index contributed by atoms with van der Waals surface area (Å²) in [6.07, 6.45) is -13.6. The molecule has 8 atom stereocenters. The van der Waals surface area contributed by atoms with Crippen molar-refractivity contribution in [1.82, 2.24) is 0 Å². The number of carbonyl (C=O) groups is 6. The van der Waals surface area contributed by atoms with Crippen molar-refractivity contribution in [1.29, 1.82) is 0 Å². The molecule has 0 unspecified atom stereocenters. The van der Waals surface area contributed by atoms with Crippen LogP contribution in [0.2, 0.25) is 0 Å². The van der Waals surface area contributed by atoms with E-state index in [-0.39, 0.29) is 39.1 Å². The Hall–Kier alpha value is -8.51. The van der Waals surface area contributed by atoms with Gasteiger partial charge in [-0.25, -0.2) is 28.8 Å². The SMILES string of the molecule is O=C(OC[C@H]1O[C@H](O[C@H]2[C@H](OC(=O)c3ccccc3)/C(=N/O)CO[C@@H]2COC(=O)c2ccccc2)[C@H](OC(=O)c2ccccc2)[C@@H](OC(=O)c2ccccc2)[C@@H]1OC(=O)c1ccccc1)c1ccccc1. The molecular formula is C54H45NO16. The van der Waals surface area contributed by atoms with Gasteiger partial charge in [0.15, 0.2) is 30.7 Å². The molecule has 0 amide bonds. The maximum Gasteiger partial charge on any atom is 0.338 e. The van der Waals surface area contributed by atoms with Crippen LogP contribution in [0.25, 0.3) is 0 Å². The first-order chi connectivity index (χ1) is 34.7. The highest BCUT2D eigenvalue weighted by molar-refractivity contribution is 5.96. The monoisotopic (exact) mass is 963 g/mol. The molecule has 17 nitrogen and oxygen atoms in total. The molecule has 362 valence electrons. The van der Waals surface area contributed by atoms with E-state index in [9.17, 15) is 34.0 Å². The van der Waals surface area contributed by atoms with E-state index in [1.54, 1.807) is 109 Å². The Morgan fingerprint density at radius 1 is 0.423 bits per heavy atom. The molecule has 0 aliphatic carbocycles. The third-order valence-electron chi connectivity index (χ3n) is 11.2. The van der Waals surface area contributed by atoms with Crippen LogP contribution in [-0.4, -0.2) is 116 Å². The topological polar surface area (TPSA) is 218 Å². The molecule has 0 saturated carbocycles. The van der Waals surface area contributed by atoms with Gasteiger partial charge in [0, 0.05) is 0 Å². The van der Waals surface area contributed by atoms with Gasteiger partial charge in [-0.15, -0.1) is 0 Å². The Morgan fingerprint density at radius 3 is 1.15 bits per heavy atom. The van der Waals surface area contributed by atoms with Gasteiger partial charge >= 0.3 is 35.8 Å². The highest BCUT2D eigenvalue weighted by Gasteiger charge is 2.56. The second-order valence-electron chi connectivity index (χ2n) is 15.9. The van der Waals surface area contributed by atoms with Gasteiger partial charge in [0.25, 0.3) is 0 Å². The van der Waals surface area contributed by atoms with Gasteiger partial charge in [-0.05, 0) is 72.8 Å². The summed E-state index contributed by atoms with van der Waals surface area (Å²) in [7, 11) is 0. The zero-order valence-corrected chi connectivity index (χ0v) is 37.6. The van der Waals surface area contributed by atoms with E-state index in [0.29, 0.717) is 0 Å². The van der Waals surface area contributed by atoms with Crippen molar-refractivity contribution in [3.8, 4) is 0 Å². The first-order valence-electron chi connectivity index (χ1n) is 22.3. The lowest BCUT2D eigenvalue weighted by Gasteiger charge is -2.46. The number of oxime groups is 1. The van der Waals surface area contributed by atoms with Gasteiger partial charge < -0.3 is 47.8 Å². The van der Waals surface area contributed by atoms with Gasteiger partial charge in [0.05, 0.1) is 40.0 Å². The first kappa shape index (κ1) is 48.9. The maximum atomic E-state index is 14.2. The summed E-state index contributed by atoms with van der Waals surface area (Å²) < 4.78 is 55.4. The average molecular weight is 964 g/mol. The highest BCUT2D eigenvalue weighted by Crippen LogP contribution is 2.35. The van der Waals surface area contributed by atoms with Crippen LogP contribution in [0.4, 0.5) is 0 Å². The lowest BCUT2D eigenvalue weighted by molar-refractivity contribution is -0.322. The molecule has 71 heavy (non-hydrogen) atoms. The number of hydrogen-bond donors (Lipinski definition) is 1. The van der Waals surface area contributed by atoms with E-state index in [2.05, 4.69) is 5.16 Å². The van der Waals surface area contributed by atoms with E-state index in [4.69, 9.17) is 42.6 Å². The fraction of sp³-hybridized carbons (Fsp3) is 0.204. The summed E-state index contributed by atoms with van der Waals surface area (Å²) in [4.78, 5) is 83.2. The van der Waals surface area contributed by atoms with Crippen LogP contribution < -0.4 is 0 Å². The normalized spacial score (nSPS) is 22.2. The molecule has 6 aromatic rings.